The van der Waals surface area contributed by atoms with Crippen LogP contribution in [0.3, 0.4) is 0 Å². The number of carbonyl (C=O) groups excluding carboxylic acids is 1. The second kappa shape index (κ2) is 7.30. The Labute approximate surface area is 117 Å². The number of aromatic nitrogens is 1. The first kappa shape index (κ1) is 16.5. The number of pyridine rings is 1. The summed E-state index contributed by atoms with van der Waals surface area (Å²) in [7, 11) is -4.03. The second-order valence-corrected chi connectivity index (χ2v) is 6.32. The molecule has 0 bridgehead atoms. The lowest BCUT2D eigenvalue weighted by Gasteiger charge is -2.08. The summed E-state index contributed by atoms with van der Waals surface area (Å²) in [6, 6.07) is 2.31. The maximum Gasteiger partial charge on any atom is 0.261 e. The van der Waals surface area contributed by atoms with Crippen LogP contribution in [0, 0.1) is 11.7 Å². The van der Waals surface area contributed by atoms with Crippen LogP contribution < -0.4 is 10.0 Å². The van der Waals surface area contributed by atoms with Gasteiger partial charge in [0.25, 0.3) is 10.0 Å². The number of rotatable bonds is 7. The Morgan fingerprint density at radius 3 is 2.75 bits per heavy atom. The Bertz CT molecular complexity index is 561. The molecule has 1 rings (SSSR count). The molecular weight excluding hydrogens is 285 g/mol. The molecule has 0 aliphatic rings. The van der Waals surface area contributed by atoms with E-state index in [1.54, 1.807) is 0 Å². The summed E-state index contributed by atoms with van der Waals surface area (Å²) in [5.41, 5.74) is 0. The smallest absolute Gasteiger partial charge is 0.261 e. The fraction of sp³-hybridized carbons (Fsp3) is 0.500. The third kappa shape index (κ3) is 5.22. The maximum atomic E-state index is 13.3. The normalized spacial score (nSPS) is 11.6. The molecule has 1 aromatic rings. The molecule has 1 aromatic heterocycles. The van der Waals surface area contributed by atoms with Gasteiger partial charge in [0.1, 0.15) is 0 Å². The summed E-state index contributed by atoms with van der Waals surface area (Å²) in [4.78, 5) is 14.9. The molecule has 0 fully saturated rings. The molecule has 0 unspecified atom stereocenters. The lowest BCUT2D eigenvalue weighted by atomic mass is 10.2. The number of carbonyl (C=O) groups is 1. The van der Waals surface area contributed by atoms with E-state index in [2.05, 4.69) is 15.0 Å². The van der Waals surface area contributed by atoms with Gasteiger partial charge in [-0.05, 0) is 18.1 Å². The van der Waals surface area contributed by atoms with Crippen molar-refractivity contribution in [3.05, 3.63) is 24.1 Å². The van der Waals surface area contributed by atoms with Crippen molar-refractivity contribution in [2.24, 2.45) is 5.92 Å². The van der Waals surface area contributed by atoms with Crippen molar-refractivity contribution >= 4 is 15.9 Å². The van der Waals surface area contributed by atoms with Gasteiger partial charge < -0.3 is 5.32 Å². The number of hydrogen-bond acceptors (Lipinski definition) is 4. The van der Waals surface area contributed by atoms with E-state index in [1.807, 2.05) is 13.8 Å². The van der Waals surface area contributed by atoms with Crippen LogP contribution in [0.2, 0.25) is 0 Å². The molecular formula is C12H18FN3O3S. The Balaban J connectivity index is 2.49. The quantitative estimate of drug-likeness (QED) is 0.774. The van der Waals surface area contributed by atoms with Crippen LogP contribution in [0.4, 0.5) is 4.39 Å². The largest absolute Gasteiger partial charge is 0.356 e. The van der Waals surface area contributed by atoms with Crippen molar-refractivity contribution in [2.45, 2.75) is 25.3 Å². The van der Waals surface area contributed by atoms with E-state index in [0.717, 1.165) is 6.07 Å². The highest BCUT2D eigenvalue weighted by Crippen LogP contribution is 2.09. The van der Waals surface area contributed by atoms with E-state index in [9.17, 15) is 17.6 Å². The highest BCUT2D eigenvalue weighted by molar-refractivity contribution is 7.89. The lowest BCUT2D eigenvalue weighted by Crippen LogP contribution is -2.33. The van der Waals surface area contributed by atoms with E-state index in [1.165, 1.54) is 12.3 Å². The average Bonchev–Trinajstić information content (AvgIpc) is 2.36. The van der Waals surface area contributed by atoms with Crippen molar-refractivity contribution < 1.29 is 17.6 Å². The molecule has 112 valence electrons. The first-order valence-corrected chi connectivity index (χ1v) is 7.68. The zero-order chi connectivity index (χ0) is 15.2. The number of nitrogens with zero attached hydrogens (tertiary/aromatic N) is 1. The number of sulfonamides is 1. The second-order valence-electron chi connectivity index (χ2n) is 4.64. The molecule has 0 saturated carbocycles. The molecule has 8 heteroatoms. The summed E-state index contributed by atoms with van der Waals surface area (Å²) < 4.78 is 39.0. The van der Waals surface area contributed by atoms with Crippen LogP contribution in [0.15, 0.2) is 23.4 Å². The highest BCUT2D eigenvalue weighted by Gasteiger charge is 2.20. The third-order valence-corrected chi connectivity index (χ3v) is 3.72. The van der Waals surface area contributed by atoms with Gasteiger partial charge in [-0.15, -0.1) is 0 Å². The minimum atomic E-state index is -4.03. The fourth-order valence-corrected chi connectivity index (χ4v) is 2.37. The molecule has 20 heavy (non-hydrogen) atoms. The standard InChI is InChI=1S/C12H18FN3O3S/c1-9(2)8-15-11(17)5-7-16-20(18,19)12-10(13)4-3-6-14-12/h3-4,6,9,16H,5,7-8H2,1-2H3,(H,15,17). The minimum absolute atomic E-state index is 0.0135. The summed E-state index contributed by atoms with van der Waals surface area (Å²) in [5.74, 6) is -0.870. The molecule has 1 amide bonds. The highest BCUT2D eigenvalue weighted by atomic mass is 32.2. The van der Waals surface area contributed by atoms with E-state index in [0.29, 0.717) is 12.5 Å². The number of hydrogen-bond donors (Lipinski definition) is 2. The van der Waals surface area contributed by atoms with Crippen LogP contribution in [0.25, 0.3) is 0 Å². The molecule has 0 aromatic carbocycles. The molecule has 0 aliphatic heterocycles. The first-order chi connectivity index (χ1) is 9.33. The number of halogens is 1. The summed E-state index contributed by atoms with van der Waals surface area (Å²) in [6.07, 6.45) is 1.17. The van der Waals surface area contributed by atoms with E-state index in [4.69, 9.17) is 0 Å². The third-order valence-electron chi connectivity index (χ3n) is 2.33. The average molecular weight is 303 g/mol. The molecule has 2 N–H and O–H groups in total. The zero-order valence-corrected chi connectivity index (χ0v) is 12.2. The van der Waals surface area contributed by atoms with E-state index < -0.39 is 20.9 Å². The Kier molecular flexibility index (Phi) is 6.03. The summed E-state index contributed by atoms with van der Waals surface area (Å²) >= 11 is 0. The van der Waals surface area contributed by atoms with E-state index >= 15 is 0 Å². The van der Waals surface area contributed by atoms with Crippen LogP contribution >= 0.6 is 0 Å². The molecule has 0 radical (unpaired) electrons. The Morgan fingerprint density at radius 1 is 1.45 bits per heavy atom. The first-order valence-electron chi connectivity index (χ1n) is 6.20. The topological polar surface area (TPSA) is 88.2 Å². The van der Waals surface area contributed by atoms with Crippen molar-refractivity contribution in [1.29, 1.82) is 0 Å². The van der Waals surface area contributed by atoms with Gasteiger partial charge in [-0.2, -0.15) is 0 Å². The summed E-state index contributed by atoms with van der Waals surface area (Å²) in [6.45, 7) is 4.32. The minimum Gasteiger partial charge on any atom is -0.356 e. The van der Waals surface area contributed by atoms with Gasteiger partial charge >= 0.3 is 0 Å². The van der Waals surface area contributed by atoms with Gasteiger partial charge in [-0.3, -0.25) is 4.79 Å². The van der Waals surface area contributed by atoms with Crippen molar-refractivity contribution in [3.8, 4) is 0 Å². The Hall–Kier alpha value is -1.54. The zero-order valence-electron chi connectivity index (χ0n) is 11.4. The van der Waals surface area contributed by atoms with E-state index in [-0.39, 0.29) is 18.9 Å². The van der Waals surface area contributed by atoms with Gasteiger partial charge in [0.15, 0.2) is 5.82 Å². The van der Waals surface area contributed by atoms with Crippen LogP contribution in [0.1, 0.15) is 20.3 Å². The monoisotopic (exact) mass is 303 g/mol. The van der Waals surface area contributed by atoms with Crippen molar-refractivity contribution in [3.63, 3.8) is 0 Å². The van der Waals surface area contributed by atoms with Crippen LogP contribution in [-0.2, 0) is 14.8 Å². The summed E-state index contributed by atoms with van der Waals surface area (Å²) in [5, 5.41) is 1.99. The van der Waals surface area contributed by atoms with Gasteiger partial charge in [0.05, 0.1) is 0 Å². The Morgan fingerprint density at radius 2 is 2.15 bits per heavy atom. The molecule has 6 nitrogen and oxygen atoms in total. The van der Waals surface area contributed by atoms with Crippen LogP contribution in [0.5, 0.6) is 0 Å². The molecule has 0 atom stereocenters. The number of nitrogens with one attached hydrogen (secondary N) is 2. The van der Waals surface area contributed by atoms with Crippen molar-refractivity contribution in [2.75, 3.05) is 13.1 Å². The SMILES string of the molecule is CC(C)CNC(=O)CCNS(=O)(=O)c1ncccc1F. The maximum absolute atomic E-state index is 13.3. The van der Waals surface area contributed by atoms with Crippen LogP contribution in [-0.4, -0.2) is 32.4 Å². The van der Waals surface area contributed by atoms with Gasteiger partial charge in [-0.1, -0.05) is 13.8 Å². The fourth-order valence-electron chi connectivity index (χ4n) is 1.34. The van der Waals surface area contributed by atoms with Gasteiger partial charge in [0, 0.05) is 25.7 Å². The molecule has 0 saturated heterocycles. The predicted octanol–water partition coefficient (Wildman–Crippen LogP) is 0.661. The molecule has 1 heterocycles. The predicted molar refractivity (Wildman–Crippen MR) is 71.8 cm³/mol. The van der Waals surface area contributed by atoms with Gasteiger partial charge in [0.2, 0.25) is 10.9 Å². The lowest BCUT2D eigenvalue weighted by molar-refractivity contribution is -0.121. The van der Waals surface area contributed by atoms with Crippen molar-refractivity contribution in [1.82, 2.24) is 15.0 Å². The van der Waals surface area contributed by atoms with Gasteiger partial charge in [-0.25, -0.2) is 22.5 Å². The molecule has 0 spiro atoms. The molecule has 0 aliphatic carbocycles. The number of amides is 1.